The summed E-state index contributed by atoms with van der Waals surface area (Å²) in [7, 11) is 4.21. The number of hydrogen-bond donors (Lipinski definition) is 5. The number of likely N-dealkylation sites (tertiary alicyclic amines) is 2. The van der Waals surface area contributed by atoms with Crippen LogP contribution in [0, 0.1) is 0 Å². The van der Waals surface area contributed by atoms with Gasteiger partial charge in [0, 0.05) is 40.9 Å². The SMILES string of the molecule is CCO[C@H]1CC[C@@]2(O)C3Cc4ccc(CO)c5c4[C@@]2(CCN3C)C1O5.CN1CC[C@]23c4c5ccc(CO)c4OC2[C@@H](O)CC[C@@]3(O)C1C5. The van der Waals surface area contributed by atoms with Crippen LogP contribution < -0.4 is 9.47 Å². The number of ether oxygens (including phenoxy) is 3. The van der Waals surface area contributed by atoms with Gasteiger partial charge in [-0.25, -0.2) is 0 Å². The van der Waals surface area contributed by atoms with Gasteiger partial charge < -0.3 is 49.5 Å². The summed E-state index contributed by atoms with van der Waals surface area (Å²) >= 11 is 0. The molecule has 2 saturated carbocycles. The third kappa shape index (κ3) is 3.61. The number of benzene rings is 2. The second-order valence-corrected chi connectivity index (χ2v) is 15.9. The topological polar surface area (TPSA) is 135 Å². The Morgan fingerprint density at radius 1 is 0.750 bits per heavy atom. The highest BCUT2D eigenvalue weighted by atomic mass is 16.5. The van der Waals surface area contributed by atoms with Crippen molar-refractivity contribution in [3.05, 3.63) is 57.6 Å². The Morgan fingerprint density at radius 3 is 1.77 bits per heavy atom. The fourth-order valence-corrected chi connectivity index (χ4v) is 12.2. The van der Waals surface area contributed by atoms with Crippen LogP contribution in [0.5, 0.6) is 11.5 Å². The predicted molar refractivity (Wildman–Crippen MR) is 176 cm³/mol. The van der Waals surface area contributed by atoms with Crippen LogP contribution in [0.25, 0.3) is 0 Å². The molecular weight excluding hydrogens is 612 g/mol. The van der Waals surface area contributed by atoms with Gasteiger partial charge in [-0.3, -0.25) is 0 Å². The van der Waals surface area contributed by atoms with Crippen LogP contribution in [-0.2, 0) is 41.6 Å². The molecule has 2 aromatic carbocycles. The molecule has 10 nitrogen and oxygen atoms in total. The minimum Gasteiger partial charge on any atom is -0.486 e. The lowest BCUT2D eigenvalue weighted by molar-refractivity contribution is -0.211. The maximum Gasteiger partial charge on any atom is 0.137 e. The molecule has 260 valence electrons. The Bertz CT molecular complexity index is 1650. The smallest absolute Gasteiger partial charge is 0.137 e. The Morgan fingerprint density at radius 2 is 1.25 bits per heavy atom. The molecule has 4 aliphatic carbocycles. The summed E-state index contributed by atoms with van der Waals surface area (Å²) < 4.78 is 18.8. The number of rotatable bonds is 4. The van der Waals surface area contributed by atoms with Crippen LogP contribution in [0.15, 0.2) is 24.3 Å². The molecule has 4 heterocycles. The average molecular weight is 663 g/mol. The van der Waals surface area contributed by atoms with Crippen LogP contribution in [0.1, 0.15) is 78.8 Å². The number of aliphatic hydroxyl groups is 5. The first-order valence-corrected chi connectivity index (χ1v) is 18.1. The Labute approximate surface area is 282 Å². The van der Waals surface area contributed by atoms with Crippen LogP contribution in [0.2, 0.25) is 0 Å². The Hall–Kier alpha value is -2.28. The first kappa shape index (κ1) is 31.7. The highest BCUT2D eigenvalue weighted by Gasteiger charge is 2.74. The highest BCUT2D eigenvalue weighted by Crippen LogP contribution is 2.66. The van der Waals surface area contributed by atoms with Crippen molar-refractivity contribution < 1.29 is 39.7 Å². The molecule has 4 aliphatic heterocycles. The van der Waals surface area contributed by atoms with Crippen LogP contribution in [0.3, 0.4) is 0 Å². The summed E-state index contributed by atoms with van der Waals surface area (Å²) in [6.45, 7) is 4.40. The third-order valence-corrected chi connectivity index (χ3v) is 14.3. The molecule has 4 unspecified atom stereocenters. The van der Waals surface area contributed by atoms with E-state index in [-0.39, 0.29) is 37.5 Å². The molecule has 0 amide bonds. The highest BCUT2D eigenvalue weighted by molar-refractivity contribution is 5.62. The van der Waals surface area contributed by atoms with Gasteiger partial charge in [-0.05, 0) is 96.6 Å². The lowest BCUT2D eigenvalue weighted by Crippen LogP contribution is -2.76. The molecule has 0 aromatic heterocycles. The van der Waals surface area contributed by atoms with E-state index in [4.69, 9.17) is 14.2 Å². The normalized spacial score (nSPS) is 42.6. The van der Waals surface area contributed by atoms with Crippen molar-refractivity contribution in [1.29, 1.82) is 0 Å². The summed E-state index contributed by atoms with van der Waals surface area (Å²) in [4.78, 5) is 4.59. The van der Waals surface area contributed by atoms with E-state index in [1.807, 2.05) is 19.1 Å². The van der Waals surface area contributed by atoms with Gasteiger partial charge in [-0.2, -0.15) is 0 Å². The zero-order valence-corrected chi connectivity index (χ0v) is 28.3. The number of piperidine rings is 2. The molecule has 10 atom stereocenters. The van der Waals surface area contributed by atoms with Gasteiger partial charge in [0.2, 0.25) is 0 Å². The molecular formula is C38H50N2O8. The molecule has 10 heteroatoms. The van der Waals surface area contributed by atoms with Crippen molar-refractivity contribution in [3.8, 4) is 11.5 Å². The molecule has 2 aromatic rings. The molecule has 2 saturated heterocycles. The van der Waals surface area contributed by atoms with E-state index in [1.54, 1.807) is 0 Å². The second-order valence-electron chi connectivity index (χ2n) is 15.9. The lowest BCUT2D eigenvalue weighted by atomic mass is 9.48. The van der Waals surface area contributed by atoms with Gasteiger partial charge in [0.1, 0.15) is 23.7 Å². The first-order valence-electron chi connectivity index (χ1n) is 18.1. The third-order valence-electron chi connectivity index (χ3n) is 14.3. The summed E-state index contributed by atoms with van der Waals surface area (Å²) in [6, 6.07) is 8.30. The second kappa shape index (κ2) is 10.6. The molecule has 2 spiro atoms. The van der Waals surface area contributed by atoms with Gasteiger partial charge in [0.25, 0.3) is 0 Å². The van der Waals surface area contributed by atoms with E-state index >= 15 is 0 Å². The predicted octanol–water partition coefficient (Wildman–Crippen LogP) is 1.69. The van der Waals surface area contributed by atoms with Crippen LogP contribution >= 0.6 is 0 Å². The largest absolute Gasteiger partial charge is 0.486 e. The van der Waals surface area contributed by atoms with Crippen molar-refractivity contribution in [2.24, 2.45) is 0 Å². The van der Waals surface area contributed by atoms with E-state index in [1.165, 1.54) is 16.7 Å². The van der Waals surface area contributed by atoms with Crippen molar-refractivity contribution >= 4 is 0 Å². The number of likely N-dealkylation sites (N-methyl/N-ethyl adjacent to an activating group) is 2. The standard InChI is InChI=1S/C20H27NO4.C18H23NO4/c1-3-24-14-6-7-20(23)15-10-12-4-5-13(11-22)17-16(12)19(20,18(14)25-17)8-9-21(15)2;1-19-7-6-17-14-10-2-3-11(9-20)15(14)23-16(17)12(21)4-5-18(17,22)13(19)8-10/h4-5,14-15,18,22-23H,3,6-11H2,1-2H3;2-3,12-13,16,20-22H,4-9H2,1H3/t14-,15?,18?,19-,20+;12-,13?,16?,17-,18+/m00/s1. The Kier molecular flexibility index (Phi) is 7.01. The van der Waals surface area contributed by atoms with Crippen molar-refractivity contribution in [2.45, 2.75) is 130 Å². The zero-order valence-electron chi connectivity index (χ0n) is 28.3. The minimum absolute atomic E-state index is 0.000719. The van der Waals surface area contributed by atoms with E-state index in [9.17, 15) is 25.5 Å². The average Bonchev–Trinajstić information content (AvgIpc) is 3.62. The summed E-state index contributed by atoms with van der Waals surface area (Å²) in [5.41, 5.74) is 3.72. The van der Waals surface area contributed by atoms with Gasteiger partial charge >= 0.3 is 0 Å². The number of aliphatic hydroxyl groups excluding tert-OH is 3. The van der Waals surface area contributed by atoms with Crippen molar-refractivity contribution in [1.82, 2.24) is 9.80 Å². The maximum absolute atomic E-state index is 12.0. The van der Waals surface area contributed by atoms with Gasteiger partial charge in [0.15, 0.2) is 0 Å². The summed E-state index contributed by atoms with van der Waals surface area (Å²) in [5.74, 6) is 1.54. The van der Waals surface area contributed by atoms with Crippen molar-refractivity contribution in [3.63, 3.8) is 0 Å². The minimum atomic E-state index is -0.865. The zero-order chi connectivity index (χ0) is 33.4. The van der Waals surface area contributed by atoms with E-state index in [0.717, 1.165) is 79.8 Å². The summed E-state index contributed by atoms with van der Waals surface area (Å²) in [6.07, 6.45) is 4.90. The van der Waals surface area contributed by atoms with Gasteiger partial charge in [0.05, 0.1) is 47.5 Å². The molecule has 8 aliphatic rings. The van der Waals surface area contributed by atoms with Gasteiger partial charge in [-0.1, -0.05) is 24.3 Å². The molecule has 0 radical (unpaired) electrons. The summed E-state index contributed by atoms with van der Waals surface area (Å²) in [5, 5.41) is 53.9. The molecule has 10 rings (SSSR count). The van der Waals surface area contributed by atoms with Crippen LogP contribution in [0.4, 0.5) is 0 Å². The molecule has 48 heavy (non-hydrogen) atoms. The van der Waals surface area contributed by atoms with Crippen molar-refractivity contribution in [2.75, 3.05) is 33.8 Å². The maximum atomic E-state index is 12.0. The molecule has 5 N–H and O–H groups in total. The van der Waals surface area contributed by atoms with E-state index in [0.29, 0.717) is 19.4 Å². The molecule has 4 bridgehead atoms. The van der Waals surface area contributed by atoms with E-state index in [2.05, 4.69) is 36.0 Å². The monoisotopic (exact) mass is 662 g/mol. The lowest BCUT2D eigenvalue weighted by Gasteiger charge is -2.63. The quantitative estimate of drug-likeness (QED) is 0.329. The van der Waals surface area contributed by atoms with E-state index < -0.39 is 34.2 Å². The first-order chi connectivity index (χ1) is 23.1. The molecule has 4 fully saturated rings. The fraction of sp³-hybridized carbons (Fsp3) is 0.684. The number of nitrogens with zero attached hydrogens (tertiary/aromatic N) is 2. The number of hydrogen-bond acceptors (Lipinski definition) is 10. The van der Waals surface area contributed by atoms with Gasteiger partial charge in [-0.15, -0.1) is 0 Å². The fourth-order valence-electron chi connectivity index (χ4n) is 12.2. The Balaban J connectivity index is 0.000000131. The van der Waals surface area contributed by atoms with Crippen LogP contribution in [-0.4, -0.2) is 117 Å².